The number of piperidine rings is 2. The van der Waals surface area contributed by atoms with Gasteiger partial charge < -0.3 is 14.5 Å². The molecule has 1 aromatic carbocycles. The highest BCUT2D eigenvalue weighted by Gasteiger charge is 2.34. The summed E-state index contributed by atoms with van der Waals surface area (Å²) >= 11 is 0. The highest BCUT2D eigenvalue weighted by molar-refractivity contribution is 5.79. The van der Waals surface area contributed by atoms with Crippen molar-refractivity contribution in [3.05, 3.63) is 30.0 Å². The molecular formula is C25H38N4O2. The van der Waals surface area contributed by atoms with Gasteiger partial charge in [-0.15, -0.1) is 0 Å². The van der Waals surface area contributed by atoms with Crippen LogP contribution in [-0.2, 0) is 4.74 Å². The van der Waals surface area contributed by atoms with Gasteiger partial charge in [0.1, 0.15) is 5.60 Å². The predicted molar refractivity (Wildman–Crippen MR) is 124 cm³/mol. The lowest BCUT2D eigenvalue weighted by Gasteiger charge is -2.39. The number of hydrogen-bond acceptors (Lipinski definition) is 4. The summed E-state index contributed by atoms with van der Waals surface area (Å²) in [6, 6.07) is 6.97. The Bertz CT molecular complexity index is 921. The van der Waals surface area contributed by atoms with Crippen LogP contribution in [0.5, 0.6) is 0 Å². The Morgan fingerprint density at radius 3 is 2.58 bits per heavy atom. The molecule has 2 aliphatic heterocycles. The lowest BCUT2D eigenvalue weighted by molar-refractivity contribution is 0.00365. The third-order valence-electron chi connectivity index (χ3n) is 6.57. The van der Waals surface area contributed by atoms with E-state index in [-0.39, 0.29) is 12.1 Å². The van der Waals surface area contributed by atoms with Crippen LogP contribution < -0.4 is 0 Å². The molecule has 3 heterocycles. The highest BCUT2D eigenvalue weighted by atomic mass is 16.6. The van der Waals surface area contributed by atoms with Crippen LogP contribution in [0, 0.1) is 11.8 Å². The Morgan fingerprint density at radius 1 is 1.10 bits per heavy atom. The van der Waals surface area contributed by atoms with E-state index in [1.807, 2.05) is 25.7 Å². The van der Waals surface area contributed by atoms with Gasteiger partial charge in [0.15, 0.2) is 0 Å². The number of hydrogen-bond donors (Lipinski definition) is 0. The molecule has 0 radical (unpaired) electrons. The quantitative estimate of drug-likeness (QED) is 0.657. The molecule has 0 bridgehead atoms. The van der Waals surface area contributed by atoms with Crippen LogP contribution in [0.1, 0.15) is 71.5 Å². The summed E-state index contributed by atoms with van der Waals surface area (Å²) in [7, 11) is 2.19. The molecule has 0 aliphatic carbocycles. The number of likely N-dealkylation sites (N-methyl/N-ethyl adjacent to an activating group) is 1. The van der Waals surface area contributed by atoms with Crippen LogP contribution in [0.3, 0.4) is 0 Å². The summed E-state index contributed by atoms with van der Waals surface area (Å²) in [5.74, 6) is 1.16. The average Bonchev–Trinajstić information content (AvgIpc) is 3.09. The van der Waals surface area contributed by atoms with Crippen molar-refractivity contribution < 1.29 is 9.53 Å². The second kappa shape index (κ2) is 8.45. The van der Waals surface area contributed by atoms with E-state index in [9.17, 15) is 4.79 Å². The Labute approximate surface area is 186 Å². The van der Waals surface area contributed by atoms with Crippen molar-refractivity contribution in [1.82, 2.24) is 19.6 Å². The number of carbonyl (C=O) groups excluding carboxylic acids is 1. The second-order valence-electron chi connectivity index (χ2n) is 11.0. The monoisotopic (exact) mass is 426 g/mol. The Morgan fingerprint density at radius 2 is 1.87 bits per heavy atom. The van der Waals surface area contributed by atoms with Crippen LogP contribution in [0.25, 0.3) is 10.9 Å². The van der Waals surface area contributed by atoms with Crippen LogP contribution in [0.2, 0.25) is 0 Å². The molecule has 2 fully saturated rings. The molecule has 1 amide bonds. The fourth-order valence-electron chi connectivity index (χ4n) is 5.24. The fourth-order valence-corrected chi connectivity index (χ4v) is 5.24. The summed E-state index contributed by atoms with van der Waals surface area (Å²) in [4.78, 5) is 17.3. The molecule has 1 aromatic heterocycles. The molecule has 0 spiro atoms. The number of aromatic nitrogens is 2. The van der Waals surface area contributed by atoms with Crippen molar-refractivity contribution >= 4 is 17.0 Å². The molecule has 170 valence electrons. The first-order valence-electron chi connectivity index (χ1n) is 11.8. The standard InChI is InChI=1S/C25H38N4O2/c1-17-7-10-23(28(14-17)24(30)31-25(3,4)5)19-8-9-20-15-29(26-22(20)12-19)21-11-18(2)13-27(6)16-21/h8-9,12,15,17-18,21,23H,7,10-11,13-14,16H2,1-6H3/t17-,18?,21?,23+/m0/s1. The van der Waals surface area contributed by atoms with Crippen molar-refractivity contribution in [3.8, 4) is 0 Å². The van der Waals surface area contributed by atoms with Crippen LogP contribution >= 0.6 is 0 Å². The summed E-state index contributed by atoms with van der Waals surface area (Å²) in [5, 5.41) is 6.12. The van der Waals surface area contributed by atoms with Gasteiger partial charge >= 0.3 is 6.09 Å². The molecule has 0 saturated carbocycles. The van der Waals surface area contributed by atoms with Crippen LogP contribution in [0.15, 0.2) is 24.4 Å². The van der Waals surface area contributed by atoms with Gasteiger partial charge in [-0.05, 0) is 70.5 Å². The van der Waals surface area contributed by atoms with E-state index in [0.717, 1.165) is 55.4 Å². The Hall–Kier alpha value is -2.08. The summed E-state index contributed by atoms with van der Waals surface area (Å²) in [6.07, 6.45) is 5.21. The van der Waals surface area contributed by atoms with E-state index >= 15 is 0 Å². The molecule has 2 saturated heterocycles. The zero-order valence-corrected chi connectivity index (χ0v) is 20.0. The largest absolute Gasteiger partial charge is 0.444 e. The maximum absolute atomic E-state index is 13.0. The van der Waals surface area contributed by atoms with E-state index < -0.39 is 5.60 Å². The van der Waals surface area contributed by atoms with Gasteiger partial charge in [-0.1, -0.05) is 26.0 Å². The van der Waals surface area contributed by atoms with Gasteiger partial charge in [-0.25, -0.2) is 4.79 Å². The SMILES string of the molecule is CC1CC(n2cc3ccc([C@H]4CC[C@H](C)CN4C(=O)OC(C)(C)C)cc3n2)CN(C)C1. The van der Waals surface area contributed by atoms with Crippen molar-refractivity contribution in [2.24, 2.45) is 11.8 Å². The lowest BCUT2D eigenvalue weighted by atomic mass is 9.90. The number of carbonyl (C=O) groups is 1. The number of benzene rings is 1. The molecule has 0 N–H and O–H groups in total. The first kappa shape index (κ1) is 22.1. The maximum atomic E-state index is 13.0. The van der Waals surface area contributed by atoms with Gasteiger partial charge in [-0.2, -0.15) is 5.10 Å². The number of rotatable bonds is 2. The molecule has 4 rings (SSSR count). The molecule has 6 heteroatoms. The smallest absolute Gasteiger partial charge is 0.410 e. The first-order valence-corrected chi connectivity index (χ1v) is 11.8. The van der Waals surface area contributed by atoms with Gasteiger partial charge in [0.25, 0.3) is 0 Å². The molecule has 2 aromatic rings. The number of ether oxygens (including phenoxy) is 1. The van der Waals surface area contributed by atoms with Crippen molar-refractivity contribution in [3.63, 3.8) is 0 Å². The van der Waals surface area contributed by atoms with Gasteiger partial charge in [0.05, 0.1) is 17.6 Å². The molecule has 2 aliphatic rings. The third-order valence-corrected chi connectivity index (χ3v) is 6.57. The first-order chi connectivity index (χ1) is 14.6. The molecular weight excluding hydrogens is 388 g/mol. The molecule has 4 atom stereocenters. The van der Waals surface area contributed by atoms with Crippen LogP contribution in [0.4, 0.5) is 4.79 Å². The maximum Gasteiger partial charge on any atom is 0.410 e. The minimum atomic E-state index is -0.491. The summed E-state index contributed by atoms with van der Waals surface area (Å²) < 4.78 is 7.89. The minimum Gasteiger partial charge on any atom is -0.444 e. The number of fused-ring (bicyclic) bond motifs is 1. The zero-order chi connectivity index (χ0) is 22.3. The number of likely N-dealkylation sites (tertiary alicyclic amines) is 2. The molecule has 31 heavy (non-hydrogen) atoms. The Balaban J connectivity index is 1.59. The highest BCUT2D eigenvalue weighted by Crippen LogP contribution is 2.36. The third kappa shape index (κ3) is 5.05. The average molecular weight is 427 g/mol. The van der Waals surface area contributed by atoms with E-state index in [0.29, 0.717) is 17.9 Å². The minimum absolute atomic E-state index is 0.0430. The topological polar surface area (TPSA) is 50.6 Å². The van der Waals surface area contributed by atoms with E-state index in [1.165, 1.54) is 0 Å². The normalized spacial score (nSPS) is 28.1. The van der Waals surface area contributed by atoms with E-state index in [4.69, 9.17) is 9.84 Å². The van der Waals surface area contributed by atoms with Crippen molar-refractivity contribution in [2.45, 2.75) is 71.6 Å². The van der Waals surface area contributed by atoms with Gasteiger partial charge in [0, 0.05) is 31.2 Å². The molecule has 2 unspecified atom stereocenters. The van der Waals surface area contributed by atoms with Crippen molar-refractivity contribution in [1.29, 1.82) is 0 Å². The molecule has 6 nitrogen and oxygen atoms in total. The van der Waals surface area contributed by atoms with E-state index in [1.54, 1.807) is 0 Å². The van der Waals surface area contributed by atoms with Gasteiger partial charge in [-0.3, -0.25) is 4.68 Å². The van der Waals surface area contributed by atoms with Crippen LogP contribution in [-0.4, -0.2) is 58.0 Å². The van der Waals surface area contributed by atoms with Gasteiger partial charge in [0.2, 0.25) is 0 Å². The fraction of sp³-hybridized carbons (Fsp3) is 0.680. The Kier molecular flexibility index (Phi) is 6.03. The second-order valence-corrected chi connectivity index (χ2v) is 11.0. The lowest BCUT2D eigenvalue weighted by Crippen LogP contribution is -2.44. The van der Waals surface area contributed by atoms with E-state index in [2.05, 4.69) is 54.9 Å². The van der Waals surface area contributed by atoms with Crippen molar-refractivity contribution in [2.75, 3.05) is 26.7 Å². The summed E-state index contributed by atoms with van der Waals surface area (Å²) in [6.45, 7) is 13.2. The zero-order valence-electron chi connectivity index (χ0n) is 20.0. The summed E-state index contributed by atoms with van der Waals surface area (Å²) in [5.41, 5.74) is 1.68. The number of amides is 1. The number of nitrogens with zero attached hydrogens (tertiary/aromatic N) is 4. The predicted octanol–water partition coefficient (Wildman–Crippen LogP) is 5.26.